The van der Waals surface area contributed by atoms with Gasteiger partial charge in [0.05, 0.1) is 0 Å². The van der Waals surface area contributed by atoms with Gasteiger partial charge in [-0.1, -0.05) is 35.1 Å². The van der Waals surface area contributed by atoms with Crippen LogP contribution in [0.5, 0.6) is 0 Å². The quantitative estimate of drug-likeness (QED) is 0.669. The highest BCUT2D eigenvalue weighted by atomic mass is 16.2. The smallest absolute Gasteiger partial charge is 0.263 e. The van der Waals surface area contributed by atoms with Gasteiger partial charge in [0.1, 0.15) is 0 Å². The fraction of sp³-hybridized carbons (Fsp3) is 0.111. The summed E-state index contributed by atoms with van der Waals surface area (Å²) in [6, 6.07) is 9.38. The van der Waals surface area contributed by atoms with Crippen LogP contribution in [0.1, 0.15) is 11.7 Å². The van der Waals surface area contributed by atoms with Crippen LogP contribution in [0.15, 0.2) is 30.3 Å². The van der Waals surface area contributed by atoms with E-state index in [9.17, 15) is 4.79 Å². The van der Waals surface area contributed by atoms with Crippen LogP contribution >= 0.6 is 0 Å². The first-order valence-corrected chi connectivity index (χ1v) is 4.14. The second-order valence-corrected chi connectivity index (χ2v) is 2.79. The Bertz CT molecular complexity index is 449. The molecule has 0 radical (unpaired) electrons. The Morgan fingerprint density at radius 3 is 2.57 bits per heavy atom. The fourth-order valence-corrected chi connectivity index (χ4v) is 1.05. The lowest BCUT2D eigenvalue weighted by molar-refractivity contribution is 0.0901. The number of carbonyl (C=O) groups excluding carboxylic acids is 1. The van der Waals surface area contributed by atoms with Crippen LogP contribution in [0.4, 0.5) is 0 Å². The number of rotatable bonds is 1. The molecule has 0 bridgehead atoms. The van der Waals surface area contributed by atoms with Crippen molar-refractivity contribution < 1.29 is 4.79 Å². The number of aromatic nitrogens is 4. The van der Waals surface area contributed by atoms with Gasteiger partial charge >= 0.3 is 0 Å². The van der Waals surface area contributed by atoms with E-state index < -0.39 is 0 Å². The maximum atomic E-state index is 10.9. The van der Waals surface area contributed by atoms with Crippen LogP contribution in [-0.4, -0.2) is 26.1 Å². The summed E-state index contributed by atoms with van der Waals surface area (Å²) in [6.07, 6.45) is 0. The van der Waals surface area contributed by atoms with Crippen LogP contribution in [-0.2, 0) is 0 Å². The van der Waals surface area contributed by atoms with Gasteiger partial charge in [-0.05, 0) is 5.21 Å². The van der Waals surface area contributed by atoms with Crippen molar-refractivity contribution in [3.63, 3.8) is 0 Å². The number of benzene rings is 1. The highest BCUT2D eigenvalue weighted by Crippen LogP contribution is 2.11. The third-order valence-corrected chi connectivity index (χ3v) is 1.73. The number of hydrogen-bond donors (Lipinski definition) is 0. The van der Waals surface area contributed by atoms with E-state index in [4.69, 9.17) is 0 Å². The molecular formula is C9H8N4O. The van der Waals surface area contributed by atoms with Gasteiger partial charge < -0.3 is 0 Å². The second kappa shape index (κ2) is 3.37. The monoisotopic (exact) mass is 188 g/mol. The minimum atomic E-state index is -0.250. The highest BCUT2D eigenvalue weighted by molar-refractivity contribution is 5.74. The van der Waals surface area contributed by atoms with Crippen LogP contribution in [0.2, 0.25) is 0 Å². The molecule has 1 aromatic carbocycles. The molecular weight excluding hydrogens is 180 g/mol. The molecule has 0 saturated carbocycles. The summed E-state index contributed by atoms with van der Waals surface area (Å²) < 4.78 is 0. The van der Waals surface area contributed by atoms with Gasteiger partial charge in [0.15, 0.2) is 0 Å². The predicted octanol–water partition coefficient (Wildman–Crippen LogP) is 1.00. The molecule has 0 aliphatic rings. The summed E-state index contributed by atoms with van der Waals surface area (Å²) in [5, 5.41) is 11.3. The van der Waals surface area contributed by atoms with E-state index in [1.165, 1.54) is 6.92 Å². The van der Waals surface area contributed by atoms with Gasteiger partial charge in [-0.25, -0.2) is 0 Å². The fourth-order valence-electron chi connectivity index (χ4n) is 1.05. The van der Waals surface area contributed by atoms with Crippen molar-refractivity contribution in [3.05, 3.63) is 30.3 Å². The van der Waals surface area contributed by atoms with Crippen LogP contribution in [0, 0.1) is 0 Å². The van der Waals surface area contributed by atoms with Crippen molar-refractivity contribution in [1.29, 1.82) is 0 Å². The first-order valence-electron chi connectivity index (χ1n) is 4.14. The normalized spacial score (nSPS) is 10.1. The molecule has 0 fully saturated rings. The topological polar surface area (TPSA) is 60.7 Å². The molecule has 5 nitrogen and oxygen atoms in total. The molecule has 2 aromatic rings. The molecule has 0 unspecified atom stereocenters. The molecule has 0 saturated heterocycles. The first kappa shape index (κ1) is 8.55. The number of carbonyl (C=O) groups is 1. The molecule has 0 N–H and O–H groups in total. The van der Waals surface area contributed by atoms with E-state index in [0.29, 0.717) is 5.82 Å². The van der Waals surface area contributed by atoms with Gasteiger partial charge in [0, 0.05) is 12.5 Å². The zero-order valence-electron chi connectivity index (χ0n) is 7.58. The number of nitrogens with zero attached hydrogens (tertiary/aromatic N) is 4. The standard InChI is InChI=1S/C9H8N4O/c1-7(14)13-11-9(10-12-13)8-5-3-2-4-6-8/h2-6H,1H3. The SMILES string of the molecule is CC(=O)n1nnc(-c2ccccc2)n1. The highest BCUT2D eigenvalue weighted by Gasteiger charge is 2.06. The van der Waals surface area contributed by atoms with E-state index in [0.717, 1.165) is 10.4 Å². The van der Waals surface area contributed by atoms with Gasteiger partial charge in [-0.2, -0.15) is 0 Å². The predicted molar refractivity (Wildman–Crippen MR) is 49.6 cm³/mol. The van der Waals surface area contributed by atoms with Gasteiger partial charge in [0.2, 0.25) is 5.82 Å². The minimum Gasteiger partial charge on any atom is -0.271 e. The molecule has 1 aromatic heterocycles. The zero-order chi connectivity index (χ0) is 9.97. The largest absolute Gasteiger partial charge is 0.271 e. The van der Waals surface area contributed by atoms with Crippen molar-refractivity contribution in [2.45, 2.75) is 6.92 Å². The molecule has 70 valence electrons. The van der Waals surface area contributed by atoms with Crippen LogP contribution < -0.4 is 0 Å². The molecule has 0 spiro atoms. The van der Waals surface area contributed by atoms with Crippen molar-refractivity contribution in [1.82, 2.24) is 20.2 Å². The summed E-state index contributed by atoms with van der Waals surface area (Å²) in [5.74, 6) is 0.209. The maximum Gasteiger partial charge on any atom is 0.263 e. The lowest BCUT2D eigenvalue weighted by Crippen LogP contribution is -2.09. The Hall–Kier alpha value is -2.04. The van der Waals surface area contributed by atoms with Crippen molar-refractivity contribution in [3.8, 4) is 11.4 Å². The molecule has 2 rings (SSSR count). The molecule has 0 amide bonds. The van der Waals surface area contributed by atoms with E-state index in [1.807, 2.05) is 30.3 Å². The lowest BCUT2D eigenvalue weighted by Gasteiger charge is -1.90. The zero-order valence-corrected chi connectivity index (χ0v) is 7.58. The third kappa shape index (κ3) is 1.52. The molecule has 14 heavy (non-hydrogen) atoms. The summed E-state index contributed by atoms with van der Waals surface area (Å²) >= 11 is 0. The van der Waals surface area contributed by atoms with E-state index in [1.54, 1.807) is 0 Å². The second-order valence-electron chi connectivity index (χ2n) is 2.79. The first-order chi connectivity index (χ1) is 6.77. The summed E-state index contributed by atoms with van der Waals surface area (Å²) in [5.41, 5.74) is 0.847. The maximum absolute atomic E-state index is 10.9. The van der Waals surface area contributed by atoms with E-state index in [-0.39, 0.29) is 5.91 Å². The Balaban J connectivity index is 2.39. The third-order valence-electron chi connectivity index (χ3n) is 1.73. The molecule has 1 heterocycles. The van der Waals surface area contributed by atoms with Gasteiger partial charge in [-0.3, -0.25) is 4.79 Å². The summed E-state index contributed by atoms with van der Waals surface area (Å²) in [4.78, 5) is 11.9. The Kier molecular flexibility index (Phi) is 2.06. The Morgan fingerprint density at radius 2 is 2.00 bits per heavy atom. The van der Waals surface area contributed by atoms with Crippen molar-refractivity contribution in [2.24, 2.45) is 0 Å². The minimum absolute atomic E-state index is 0.250. The Labute approximate surface area is 80.4 Å². The lowest BCUT2D eigenvalue weighted by atomic mass is 10.2. The number of tetrazole rings is 1. The molecule has 0 aliphatic heterocycles. The van der Waals surface area contributed by atoms with Crippen molar-refractivity contribution in [2.75, 3.05) is 0 Å². The molecule has 0 aliphatic carbocycles. The van der Waals surface area contributed by atoms with E-state index in [2.05, 4.69) is 15.4 Å². The summed E-state index contributed by atoms with van der Waals surface area (Å²) in [6.45, 7) is 1.39. The Morgan fingerprint density at radius 1 is 1.29 bits per heavy atom. The number of hydrogen-bond acceptors (Lipinski definition) is 4. The average Bonchev–Trinajstić information content (AvgIpc) is 2.68. The van der Waals surface area contributed by atoms with E-state index >= 15 is 0 Å². The van der Waals surface area contributed by atoms with Crippen LogP contribution in [0.3, 0.4) is 0 Å². The van der Waals surface area contributed by atoms with Crippen LogP contribution in [0.25, 0.3) is 11.4 Å². The molecule has 0 atom stereocenters. The van der Waals surface area contributed by atoms with Gasteiger partial charge in [0.25, 0.3) is 5.91 Å². The molecule has 5 heteroatoms. The average molecular weight is 188 g/mol. The summed E-state index contributed by atoms with van der Waals surface area (Å²) in [7, 11) is 0. The van der Waals surface area contributed by atoms with Crippen molar-refractivity contribution >= 4 is 5.91 Å². The van der Waals surface area contributed by atoms with Gasteiger partial charge in [-0.15, -0.1) is 10.2 Å².